The number of likely N-dealkylation sites (tertiary alicyclic amines) is 1. The quantitative estimate of drug-likeness (QED) is 0.611. The highest BCUT2D eigenvalue weighted by atomic mass is 16.3. The smallest absolute Gasteiger partial charge is 0.234 e. The fraction of sp³-hybridized carbons (Fsp3) is 0.609. The summed E-state index contributed by atoms with van der Waals surface area (Å²) in [5.74, 6) is 1.58. The third-order valence-corrected chi connectivity index (χ3v) is 6.73. The summed E-state index contributed by atoms with van der Waals surface area (Å²) in [6.45, 7) is 5.01. The molecule has 3 N–H and O–H groups in total. The summed E-state index contributed by atoms with van der Waals surface area (Å²) in [5.41, 5.74) is 3.28. The summed E-state index contributed by atoms with van der Waals surface area (Å²) in [6, 6.07) is 11.2. The number of nitrogens with zero attached hydrogens (tertiary/aromatic N) is 1. The van der Waals surface area contributed by atoms with E-state index >= 15 is 0 Å². The zero-order valence-corrected chi connectivity index (χ0v) is 16.9. The molecule has 5 heteroatoms. The van der Waals surface area contributed by atoms with Gasteiger partial charge in [0.25, 0.3) is 0 Å². The zero-order valence-electron chi connectivity index (χ0n) is 16.9. The number of nitrogens with one attached hydrogen (secondary N) is 2. The molecule has 3 atom stereocenters. The van der Waals surface area contributed by atoms with E-state index in [1.807, 2.05) is 0 Å². The maximum Gasteiger partial charge on any atom is 0.234 e. The van der Waals surface area contributed by atoms with Gasteiger partial charge in [-0.2, -0.15) is 0 Å². The lowest BCUT2D eigenvalue weighted by Crippen LogP contribution is -2.48. The average molecular weight is 384 g/mol. The molecule has 2 saturated carbocycles. The lowest BCUT2D eigenvalue weighted by Gasteiger charge is -2.33. The lowest BCUT2D eigenvalue weighted by atomic mass is 9.95. The molecule has 152 valence electrons. The van der Waals surface area contributed by atoms with Gasteiger partial charge in [0.2, 0.25) is 5.91 Å². The molecule has 0 aromatic heterocycles. The number of carbonyl (C=O) groups excluding carboxylic acids is 1. The van der Waals surface area contributed by atoms with Crippen LogP contribution in [0.2, 0.25) is 0 Å². The van der Waals surface area contributed by atoms with Crippen LogP contribution in [0.4, 0.5) is 0 Å². The Morgan fingerprint density at radius 1 is 1.29 bits per heavy atom. The molecule has 4 rings (SSSR count). The van der Waals surface area contributed by atoms with Crippen molar-refractivity contribution in [3.63, 3.8) is 0 Å². The second-order valence-electron chi connectivity index (χ2n) is 8.58. The first-order valence-electron chi connectivity index (χ1n) is 10.8. The van der Waals surface area contributed by atoms with Gasteiger partial charge in [-0.1, -0.05) is 48.9 Å². The van der Waals surface area contributed by atoms with Gasteiger partial charge in [-0.15, -0.1) is 0 Å². The Morgan fingerprint density at radius 3 is 2.68 bits per heavy atom. The van der Waals surface area contributed by atoms with Crippen LogP contribution in [0.5, 0.6) is 0 Å². The van der Waals surface area contributed by atoms with Gasteiger partial charge >= 0.3 is 0 Å². The van der Waals surface area contributed by atoms with E-state index in [1.54, 1.807) is 5.57 Å². The predicted molar refractivity (Wildman–Crippen MR) is 112 cm³/mol. The standard InChI is InChI=1S/C23H33N3O2/c1-2-18(14-17-6-4-3-5-7-17)22-20-15-23(20,22)25-19-8-11-26(12-9-19)16-21(28)24-10-13-27/h3-7,14,19-20,22,25,27H,2,8-13,15-16H2,1H3,(H,24,28)/b18-14+/t20?,22-,23-/m1/s1. The second kappa shape index (κ2) is 8.36. The van der Waals surface area contributed by atoms with Gasteiger partial charge < -0.3 is 15.7 Å². The topological polar surface area (TPSA) is 64.6 Å². The fourth-order valence-corrected chi connectivity index (χ4v) is 5.00. The minimum Gasteiger partial charge on any atom is -0.395 e. The van der Waals surface area contributed by atoms with Crippen molar-refractivity contribution in [2.24, 2.45) is 11.8 Å². The maximum atomic E-state index is 11.8. The summed E-state index contributed by atoms with van der Waals surface area (Å²) < 4.78 is 0. The van der Waals surface area contributed by atoms with Gasteiger partial charge in [0.05, 0.1) is 13.2 Å². The van der Waals surface area contributed by atoms with Gasteiger partial charge in [-0.3, -0.25) is 9.69 Å². The molecule has 1 saturated heterocycles. The molecule has 1 heterocycles. The summed E-state index contributed by atoms with van der Waals surface area (Å²) in [7, 11) is 0. The molecule has 0 radical (unpaired) electrons. The molecule has 5 nitrogen and oxygen atoms in total. The monoisotopic (exact) mass is 383 g/mol. The summed E-state index contributed by atoms with van der Waals surface area (Å²) in [4.78, 5) is 14.0. The first-order chi connectivity index (χ1) is 13.7. The number of benzene rings is 1. The Balaban J connectivity index is 1.25. The van der Waals surface area contributed by atoms with E-state index in [0.29, 0.717) is 24.7 Å². The number of piperidine rings is 1. The van der Waals surface area contributed by atoms with Crippen molar-refractivity contribution in [1.82, 2.24) is 15.5 Å². The number of hydrogen-bond donors (Lipinski definition) is 3. The minimum atomic E-state index is 0.000612. The van der Waals surface area contributed by atoms with Gasteiger partial charge in [0.1, 0.15) is 0 Å². The van der Waals surface area contributed by atoms with Crippen LogP contribution in [-0.4, -0.2) is 60.3 Å². The number of aliphatic hydroxyl groups is 1. The number of carbonyl (C=O) groups is 1. The molecule has 1 unspecified atom stereocenters. The predicted octanol–water partition coefficient (Wildman–Crippen LogP) is 2.03. The van der Waals surface area contributed by atoms with Crippen molar-refractivity contribution in [3.05, 3.63) is 41.5 Å². The van der Waals surface area contributed by atoms with Crippen molar-refractivity contribution < 1.29 is 9.90 Å². The molecule has 1 aliphatic heterocycles. The Bertz CT molecular complexity index is 712. The second-order valence-corrected chi connectivity index (χ2v) is 8.58. The molecule has 2 aliphatic carbocycles. The number of hydrogen-bond acceptors (Lipinski definition) is 4. The molecule has 0 spiro atoms. The average Bonchev–Trinajstić information content (AvgIpc) is 3.58. The van der Waals surface area contributed by atoms with E-state index < -0.39 is 0 Å². The van der Waals surface area contributed by atoms with Gasteiger partial charge in [0.15, 0.2) is 0 Å². The highest BCUT2D eigenvalue weighted by molar-refractivity contribution is 5.78. The number of amides is 1. The molecule has 1 aromatic carbocycles. The van der Waals surface area contributed by atoms with E-state index in [1.165, 1.54) is 12.0 Å². The van der Waals surface area contributed by atoms with E-state index in [4.69, 9.17) is 5.11 Å². The van der Waals surface area contributed by atoms with Crippen molar-refractivity contribution in [3.8, 4) is 0 Å². The third kappa shape index (κ3) is 4.17. The summed E-state index contributed by atoms with van der Waals surface area (Å²) >= 11 is 0. The van der Waals surface area contributed by atoms with Crippen LogP contribution in [0.3, 0.4) is 0 Å². The molecule has 3 fully saturated rings. The van der Waals surface area contributed by atoms with Crippen molar-refractivity contribution in [1.29, 1.82) is 0 Å². The molecule has 1 amide bonds. The zero-order chi connectivity index (χ0) is 19.6. The van der Waals surface area contributed by atoms with Crippen molar-refractivity contribution >= 4 is 12.0 Å². The molecule has 0 bridgehead atoms. The molecule has 28 heavy (non-hydrogen) atoms. The largest absolute Gasteiger partial charge is 0.395 e. The Labute approximate surface area is 168 Å². The summed E-state index contributed by atoms with van der Waals surface area (Å²) in [6.07, 6.45) is 7.07. The number of fused-ring (bicyclic) bond motifs is 1. The number of rotatable bonds is 9. The Kier molecular flexibility index (Phi) is 5.85. The van der Waals surface area contributed by atoms with Crippen molar-refractivity contribution in [2.75, 3.05) is 32.8 Å². The van der Waals surface area contributed by atoms with Crippen LogP contribution >= 0.6 is 0 Å². The van der Waals surface area contributed by atoms with Crippen molar-refractivity contribution in [2.45, 2.75) is 44.2 Å². The van der Waals surface area contributed by atoms with Gasteiger partial charge in [0, 0.05) is 37.1 Å². The third-order valence-electron chi connectivity index (χ3n) is 6.73. The SMILES string of the molecule is CC/C(=C\c1ccccc1)[C@@H]1C2C[C@@]21NC1CCN(CC(=O)NCCO)CC1. The first-order valence-corrected chi connectivity index (χ1v) is 10.8. The Hall–Kier alpha value is -1.69. The molecular weight excluding hydrogens is 350 g/mol. The van der Waals surface area contributed by atoms with E-state index in [2.05, 4.69) is 58.9 Å². The van der Waals surface area contributed by atoms with Crippen LogP contribution in [0.25, 0.3) is 6.08 Å². The van der Waals surface area contributed by atoms with E-state index in [9.17, 15) is 4.79 Å². The first kappa shape index (κ1) is 19.6. The maximum absolute atomic E-state index is 11.8. The van der Waals surface area contributed by atoms with Crippen LogP contribution in [0, 0.1) is 11.8 Å². The minimum absolute atomic E-state index is 0.000612. The van der Waals surface area contributed by atoms with Crippen LogP contribution < -0.4 is 10.6 Å². The summed E-state index contributed by atoms with van der Waals surface area (Å²) in [5, 5.41) is 15.5. The highest BCUT2D eigenvalue weighted by Gasteiger charge is 2.79. The Morgan fingerprint density at radius 2 is 2.04 bits per heavy atom. The van der Waals surface area contributed by atoms with Crippen LogP contribution in [0.1, 0.15) is 38.2 Å². The van der Waals surface area contributed by atoms with E-state index in [-0.39, 0.29) is 12.5 Å². The highest BCUT2D eigenvalue weighted by Crippen LogP contribution is 2.75. The normalized spacial score (nSPS) is 30.0. The van der Waals surface area contributed by atoms with Crippen LogP contribution in [0.15, 0.2) is 35.9 Å². The molecule has 3 aliphatic rings. The fourth-order valence-electron chi connectivity index (χ4n) is 5.00. The van der Waals surface area contributed by atoms with Gasteiger partial charge in [-0.05, 0) is 37.2 Å². The number of aliphatic hydroxyl groups excluding tert-OH is 1. The van der Waals surface area contributed by atoms with Crippen LogP contribution in [-0.2, 0) is 4.79 Å². The van der Waals surface area contributed by atoms with Gasteiger partial charge in [-0.25, -0.2) is 0 Å². The van der Waals surface area contributed by atoms with E-state index in [0.717, 1.165) is 44.2 Å². The lowest BCUT2D eigenvalue weighted by molar-refractivity contribution is -0.122. The molecular formula is C23H33N3O2. The molecule has 1 aromatic rings.